The molecule has 1 aliphatic carbocycles. The van der Waals surface area contributed by atoms with Crippen molar-refractivity contribution < 1.29 is 0 Å². The van der Waals surface area contributed by atoms with Crippen LogP contribution in [0.4, 0.5) is 5.69 Å². The van der Waals surface area contributed by atoms with Crippen molar-refractivity contribution in [3.63, 3.8) is 0 Å². The second kappa shape index (κ2) is 6.50. The van der Waals surface area contributed by atoms with Crippen LogP contribution in [-0.4, -0.2) is 10.8 Å². The Labute approximate surface area is 114 Å². The molecule has 18 heavy (non-hydrogen) atoms. The average Bonchev–Trinajstić information content (AvgIpc) is 2.40. The van der Waals surface area contributed by atoms with Crippen LogP contribution >= 0.6 is 12.2 Å². The highest BCUT2D eigenvalue weighted by Crippen LogP contribution is 2.15. The van der Waals surface area contributed by atoms with Gasteiger partial charge in [-0.3, -0.25) is 5.43 Å². The van der Waals surface area contributed by atoms with Gasteiger partial charge in [0.2, 0.25) is 0 Å². The maximum absolute atomic E-state index is 5.23. The highest BCUT2D eigenvalue weighted by atomic mass is 32.1. The third-order valence-electron chi connectivity index (χ3n) is 3.14. The molecule has 1 fully saturated rings. The third-order valence-corrected chi connectivity index (χ3v) is 3.33. The number of nitrogens with zero attached hydrogens (tertiary/aromatic N) is 1. The quantitative estimate of drug-likeness (QED) is 0.631. The fourth-order valence-electron chi connectivity index (χ4n) is 2.06. The van der Waals surface area contributed by atoms with Gasteiger partial charge in [0.25, 0.3) is 0 Å². The van der Waals surface area contributed by atoms with Crippen molar-refractivity contribution in [2.45, 2.75) is 39.0 Å². The maximum atomic E-state index is 5.23. The van der Waals surface area contributed by atoms with E-state index < -0.39 is 0 Å². The van der Waals surface area contributed by atoms with Gasteiger partial charge in [-0.2, -0.15) is 5.10 Å². The summed E-state index contributed by atoms with van der Waals surface area (Å²) < 4.78 is 0. The molecule has 2 N–H and O–H groups in total. The van der Waals surface area contributed by atoms with E-state index in [1.807, 2.05) is 18.2 Å². The van der Waals surface area contributed by atoms with Crippen LogP contribution in [0.25, 0.3) is 0 Å². The van der Waals surface area contributed by atoms with Crippen LogP contribution in [0.1, 0.15) is 37.7 Å². The van der Waals surface area contributed by atoms with Gasteiger partial charge in [-0.15, -0.1) is 0 Å². The highest BCUT2D eigenvalue weighted by molar-refractivity contribution is 7.80. The first kappa shape index (κ1) is 13.0. The van der Waals surface area contributed by atoms with Crippen molar-refractivity contribution >= 4 is 28.7 Å². The number of anilines is 1. The topological polar surface area (TPSA) is 36.4 Å². The van der Waals surface area contributed by atoms with Crippen molar-refractivity contribution in [2.24, 2.45) is 5.10 Å². The molecule has 0 saturated heterocycles. The molecule has 0 spiro atoms. The van der Waals surface area contributed by atoms with Crippen molar-refractivity contribution in [3.05, 3.63) is 29.8 Å². The minimum absolute atomic E-state index is 0.558. The standard InChI is InChI=1S/C14H19N3S/c1-11-7-5-6-10-13(11)15-14(18)17-16-12-8-3-2-4-9-12/h5-7,10H,2-4,8-9H2,1H3,(H2,15,17,18). The summed E-state index contributed by atoms with van der Waals surface area (Å²) in [5.74, 6) is 0. The first-order chi connectivity index (χ1) is 8.75. The van der Waals surface area contributed by atoms with E-state index in [4.69, 9.17) is 12.2 Å². The van der Waals surface area contributed by atoms with Crippen LogP contribution in [0.2, 0.25) is 0 Å². The van der Waals surface area contributed by atoms with Crippen LogP contribution < -0.4 is 10.7 Å². The Hall–Kier alpha value is -1.42. The molecule has 0 amide bonds. The molecular weight excluding hydrogens is 242 g/mol. The minimum atomic E-state index is 0.558. The lowest BCUT2D eigenvalue weighted by Gasteiger charge is -2.14. The van der Waals surface area contributed by atoms with Gasteiger partial charge in [-0.25, -0.2) is 0 Å². The number of nitrogens with one attached hydrogen (secondary N) is 2. The Bertz CT molecular complexity index is 446. The van der Waals surface area contributed by atoms with Gasteiger partial charge in [0, 0.05) is 11.4 Å². The van der Waals surface area contributed by atoms with Gasteiger partial charge in [0.15, 0.2) is 5.11 Å². The van der Waals surface area contributed by atoms with E-state index in [2.05, 4.69) is 28.8 Å². The monoisotopic (exact) mass is 261 g/mol. The largest absolute Gasteiger partial charge is 0.331 e. The molecule has 1 aliphatic rings. The predicted molar refractivity (Wildman–Crippen MR) is 81.1 cm³/mol. The Balaban J connectivity index is 1.87. The van der Waals surface area contributed by atoms with Gasteiger partial charge in [-0.1, -0.05) is 24.6 Å². The van der Waals surface area contributed by atoms with Gasteiger partial charge in [-0.05, 0) is 56.5 Å². The lowest BCUT2D eigenvalue weighted by molar-refractivity contribution is 0.661. The number of aryl methyl sites for hydroxylation is 1. The summed E-state index contributed by atoms with van der Waals surface area (Å²) in [6, 6.07) is 8.07. The summed E-state index contributed by atoms with van der Waals surface area (Å²) in [4.78, 5) is 0. The first-order valence-corrected chi connectivity index (χ1v) is 6.84. The zero-order valence-electron chi connectivity index (χ0n) is 10.7. The summed E-state index contributed by atoms with van der Waals surface area (Å²) >= 11 is 5.23. The van der Waals surface area contributed by atoms with E-state index in [-0.39, 0.29) is 0 Å². The van der Waals surface area contributed by atoms with Crippen molar-refractivity contribution in [2.75, 3.05) is 5.32 Å². The number of benzene rings is 1. The average molecular weight is 261 g/mol. The zero-order chi connectivity index (χ0) is 12.8. The number of thiocarbonyl (C=S) groups is 1. The maximum Gasteiger partial charge on any atom is 0.191 e. The molecule has 1 saturated carbocycles. The van der Waals surface area contributed by atoms with Crippen LogP contribution in [0.5, 0.6) is 0 Å². The lowest BCUT2D eigenvalue weighted by atomic mass is 9.99. The zero-order valence-corrected chi connectivity index (χ0v) is 11.5. The minimum Gasteiger partial charge on any atom is -0.331 e. The normalized spacial score (nSPS) is 15.1. The molecule has 3 nitrogen and oxygen atoms in total. The SMILES string of the molecule is Cc1ccccc1NC(=S)NN=C1CCCCC1. The van der Waals surface area contributed by atoms with Crippen molar-refractivity contribution in [1.82, 2.24) is 5.43 Å². The lowest BCUT2D eigenvalue weighted by Crippen LogP contribution is -2.26. The number of rotatable bonds is 2. The van der Waals surface area contributed by atoms with Crippen molar-refractivity contribution in [1.29, 1.82) is 0 Å². The summed E-state index contributed by atoms with van der Waals surface area (Å²) in [5.41, 5.74) is 6.37. The summed E-state index contributed by atoms with van der Waals surface area (Å²) in [6.45, 7) is 2.05. The van der Waals surface area contributed by atoms with Crippen LogP contribution in [0.3, 0.4) is 0 Å². The summed E-state index contributed by atoms with van der Waals surface area (Å²) in [7, 11) is 0. The van der Waals surface area contributed by atoms with Gasteiger partial charge in [0.1, 0.15) is 0 Å². The van der Waals surface area contributed by atoms with Crippen LogP contribution in [-0.2, 0) is 0 Å². The van der Waals surface area contributed by atoms with Crippen LogP contribution in [0, 0.1) is 6.92 Å². The molecule has 4 heteroatoms. The molecule has 0 unspecified atom stereocenters. The molecular formula is C14H19N3S. The second-order valence-electron chi connectivity index (χ2n) is 4.62. The molecule has 0 bridgehead atoms. The molecule has 0 aliphatic heterocycles. The van der Waals surface area contributed by atoms with Crippen LogP contribution in [0.15, 0.2) is 29.4 Å². The fraction of sp³-hybridized carbons (Fsp3) is 0.429. The van der Waals surface area contributed by atoms with E-state index in [1.54, 1.807) is 0 Å². The van der Waals surface area contributed by atoms with E-state index in [1.165, 1.54) is 30.5 Å². The van der Waals surface area contributed by atoms with Crippen molar-refractivity contribution in [3.8, 4) is 0 Å². The smallest absolute Gasteiger partial charge is 0.191 e. The number of hydrogen-bond acceptors (Lipinski definition) is 2. The Morgan fingerprint density at radius 3 is 2.61 bits per heavy atom. The first-order valence-electron chi connectivity index (χ1n) is 6.44. The molecule has 2 rings (SSSR count). The van der Waals surface area contributed by atoms with E-state index >= 15 is 0 Å². The predicted octanol–water partition coefficient (Wildman–Crippen LogP) is 3.60. The van der Waals surface area contributed by atoms with E-state index in [0.717, 1.165) is 18.5 Å². The summed E-state index contributed by atoms with van der Waals surface area (Å²) in [6.07, 6.45) is 6.02. The number of para-hydroxylation sites is 1. The fourth-order valence-corrected chi connectivity index (χ4v) is 2.22. The molecule has 0 aromatic heterocycles. The van der Waals surface area contributed by atoms with E-state index in [0.29, 0.717) is 5.11 Å². The third kappa shape index (κ3) is 3.81. The molecule has 0 atom stereocenters. The highest BCUT2D eigenvalue weighted by Gasteiger charge is 2.06. The second-order valence-corrected chi connectivity index (χ2v) is 5.03. The van der Waals surface area contributed by atoms with Gasteiger partial charge >= 0.3 is 0 Å². The van der Waals surface area contributed by atoms with E-state index in [9.17, 15) is 0 Å². The summed E-state index contributed by atoms with van der Waals surface area (Å²) in [5, 5.41) is 8.09. The number of hydrazone groups is 1. The molecule has 1 aromatic rings. The molecule has 1 aromatic carbocycles. The number of hydrogen-bond donors (Lipinski definition) is 2. The molecule has 0 heterocycles. The Morgan fingerprint density at radius 1 is 1.17 bits per heavy atom. The molecule has 96 valence electrons. The Morgan fingerprint density at radius 2 is 1.89 bits per heavy atom. The Kier molecular flexibility index (Phi) is 4.70. The molecule has 0 radical (unpaired) electrons. The van der Waals surface area contributed by atoms with Gasteiger partial charge < -0.3 is 5.32 Å². The van der Waals surface area contributed by atoms with Gasteiger partial charge in [0.05, 0.1) is 0 Å².